The van der Waals surface area contributed by atoms with Crippen LogP contribution in [0.1, 0.15) is 6.42 Å². The molecule has 1 amide bonds. The summed E-state index contributed by atoms with van der Waals surface area (Å²) in [4.78, 5) is 18.6. The Morgan fingerprint density at radius 1 is 0.947 bits per heavy atom. The molecule has 0 radical (unpaired) electrons. The van der Waals surface area contributed by atoms with Crippen LogP contribution < -0.4 is 5.32 Å². The number of hydrogen-bond donors (Lipinski definition) is 2. The zero-order valence-corrected chi connectivity index (χ0v) is 11.7. The third-order valence-electron chi connectivity index (χ3n) is 3.99. The molecule has 0 aromatic rings. The molecular weight excluding hydrogens is 244 g/mol. The van der Waals surface area contributed by atoms with Gasteiger partial charge in [-0.15, -0.1) is 0 Å². The second-order valence-electron chi connectivity index (χ2n) is 5.29. The molecule has 0 bridgehead atoms. The van der Waals surface area contributed by atoms with Gasteiger partial charge in [-0.2, -0.15) is 0 Å². The summed E-state index contributed by atoms with van der Waals surface area (Å²) in [5.74, 6) is 0.291. The highest BCUT2D eigenvalue weighted by atomic mass is 16.3. The molecule has 0 aliphatic carbocycles. The number of β-amino-alcohol motifs (C(OH)–C–C–N with tert-alkyl or cyclic N) is 1. The van der Waals surface area contributed by atoms with Crippen molar-refractivity contribution in [2.75, 3.05) is 72.1 Å². The first-order valence-electron chi connectivity index (χ1n) is 7.33. The maximum Gasteiger partial charge on any atom is 0.223 e. The van der Waals surface area contributed by atoms with E-state index in [0.717, 1.165) is 65.4 Å². The van der Waals surface area contributed by atoms with E-state index in [-0.39, 0.29) is 6.61 Å². The van der Waals surface area contributed by atoms with Crippen LogP contribution in [0.4, 0.5) is 0 Å². The van der Waals surface area contributed by atoms with Crippen LogP contribution in [0.25, 0.3) is 0 Å². The Morgan fingerprint density at radius 3 is 2.11 bits per heavy atom. The SMILES string of the molecule is O=C(CCN1CCN(CCO)CC1)N1CCNCC1. The number of nitrogens with zero attached hydrogens (tertiary/aromatic N) is 3. The first-order valence-corrected chi connectivity index (χ1v) is 7.33. The van der Waals surface area contributed by atoms with Gasteiger partial charge in [-0.05, 0) is 0 Å². The van der Waals surface area contributed by atoms with E-state index >= 15 is 0 Å². The molecule has 2 saturated heterocycles. The summed E-state index contributed by atoms with van der Waals surface area (Å²) >= 11 is 0. The van der Waals surface area contributed by atoms with Crippen LogP contribution in [0.3, 0.4) is 0 Å². The van der Waals surface area contributed by atoms with Gasteiger partial charge >= 0.3 is 0 Å². The van der Waals surface area contributed by atoms with Gasteiger partial charge in [-0.25, -0.2) is 0 Å². The number of carbonyl (C=O) groups excluding carboxylic acids is 1. The number of hydrogen-bond acceptors (Lipinski definition) is 5. The van der Waals surface area contributed by atoms with Gasteiger partial charge in [0.2, 0.25) is 5.91 Å². The monoisotopic (exact) mass is 270 g/mol. The lowest BCUT2D eigenvalue weighted by Crippen LogP contribution is -2.49. The number of rotatable bonds is 5. The van der Waals surface area contributed by atoms with E-state index in [2.05, 4.69) is 15.1 Å². The minimum atomic E-state index is 0.238. The summed E-state index contributed by atoms with van der Waals surface area (Å²) < 4.78 is 0. The molecule has 0 aromatic carbocycles. The van der Waals surface area contributed by atoms with Crippen LogP contribution in [-0.4, -0.2) is 97.8 Å². The number of aliphatic hydroxyl groups is 1. The van der Waals surface area contributed by atoms with Gasteiger partial charge in [0.15, 0.2) is 0 Å². The quantitative estimate of drug-likeness (QED) is 0.631. The molecule has 2 heterocycles. The molecule has 0 aromatic heterocycles. The highest BCUT2D eigenvalue weighted by molar-refractivity contribution is 5.76. The highest BCUT2D eigenvalue weighted by Crippen LogP contribution is 2.04. The standard InChI is InChI=1S/C13H26N4O2/c18-12-11-16-9-7-15(8-10-16)4-1-13(19)17-5-2-14-3-6-17/h14,18H,1-12H2. The number of carbonyl (C=O) groups is 1. The van der Waals surface area contributed by atoms with Gasteiger partial charge < -0.3 is 20.2 Å². The van der Waals surface area contributed by atoms with Crippen molar-refractivity contribution in [1.29, 1.82) is 0 Å². The maximum atomic E-state index is 12.0. The van der Waals surface area contributed by atoms with E-state index in [1.807, 2.05) is 4.90 Å². The summed E-state index contributed by atoms with van der Waals surface area (Å²) in [5.41, 5.74) is 0. The lowest BCUT2D eigenvalue weighted by molar-refractivity contribution is -0.132. The van der Waals surface area contributed by atoms with Crippen LogP contribution >= 0.6 is 0 Å². The normalized spacial score (nSPS) is 22.7. The molecule has 0 spiro atoms. The number of aliphatic hydroxyl groups excluding tert-OH is 1. The molecule has 2 N–H and O–H groups in total. The van der Waals surface area contributed by atoms with Crippen molar-refractivity contribution in [1.82, 2.24) is 20.0 Å². The van der Waals surface area contributed by atoms with Gasteiger partial charge in [0, 0.05) is 71.9 Å². The Bertz CT molecular complexity index is 274. The molecule has 0 atom stereocenters. The molecule has 110 valence electrons. The second-order valence-corrected chi connectivity index (χ2v) is 5.29. The van der Waals surface area contributed by atoms with E-state index in [1.165, 1.54) is 0 Å². The Morgan fingerprint density at radius 2 is 1.53 bits per heavy atom. The molecule has 19 heavy (non-hydrogen) atoms. The molecular formula is C13H26N4O2. The van der Waals surface area contributed by atoms with Crippen molar-refractivity contribution >= 4 is 5.91 Å². The number of amides is 1. The minimum Gasteiger partial charge on any atom is -0.395 e. The minimum absolute atomic E-state index is 0.238. The third-order valence-corrected chi connectivity index (χ3v) is 3.99. The molecule has 2 rings (SSSR count). The summed E-state index contributed by atoms with van der Waals surface area (Å²) in [6.45, 7) is 9.45. The third kappa shape index (κ3) is 4.72. The zero-order chi connectivity index (χ0) is 13.5. The average Bonchev–Trinajstić information content (AvgIpc) is 2.47. The Kier molecular flexibility index (Phi) is 6.03. The summed E-state index contributed by atoms with van der Waals surface area (Å²) in [7, 11) is 0. The highest BCUT2D eigenvalue weighted by Gasteiger charge is 2.19. The number of nitrogens with one attached hydrogen (secondary N) is 1. The van der Waals surface area contributed by atoms with Crippen molar-refractivity contribution in [3.8, 4) is 0 Å². The van der Waals surface area contributed by atoms with E-state index in [9.17, 15) is 4.79 Å². The van der Waals surface area contributed by atoms with Crippen LogP contribution in [-0.2, 0) is 4.79 Å². The Hall–Kier alpha value is -0.690. The van der Waals surface area contributed by atoms with Crippen molar-refractivity contribution < 1.29 is 9.90 Å². The molecule has 0 saturated carbocycles. The molecule has 2 aliphatic rings. The number of piperazine rings is 2. The van der Waals surface area contributed by atoms with Crippen LogP contribution in [0, 0.1) is 0 Å². The average molecular weight is 270 g/mol. The summed E-state index contributed by atoms with van der Waals surface area (Å²) in [6.07, 6.45) is 0.639. The van der Waals surface area contributed by atoms with Crippen molar-refractivity contribution in [2.24, 2.45) is 0 Å². The van der Waals surface area contributed by atoms with Crippen molar-refractivity contribution in [3.05, 3.63) is 0 Å². The van der Waals surface area contributed by atoms with E-state index in [4.69, 9.17) is 5.11 Å². The molecule has 6 heteroatoms. The first-order chi connectivity index (χ1) is 9.29. The first kappa shape index (κ1) is 14.7. The predicted molar refractivity (Wildman–Crippen MR) is 74.0 cm³/mol. The van der Waals surface area contributed by atoms with Gasteiger partial charge in [0.05, 0.1) is 6.61 Å². The summed E-state index contributed by atoms with van der Waals surface area (Å²) in [5, 5.41) is 12.2. The molecule has 6 nitrogen and oxygen atoms in total. The zero-order valence-electron chi connectivity index (χ0n) is 11.7. The fourth-order valence-electron chi connectivity index (χ4n) is 2.70. The lowest BCUT2D eigenvalue weighted by atomic mass is 10.2. The smallest absolute Gasteiger partial charge is 0.223 e. The van der Waals surface area contributed by atoms with Gasteiger partial charge in [0.1, 0.15) is 0 Å². The summed E-state index contributed by atoms with van der Waals surface area (Å²) in [6, 6.07) is 0. The van der Waals surface area contributed by atoms with E-state index in [0.29, 0.717) is 12.3 Å². The van der Waals surface area contributed by atoms with E-state index < -0.39 is 0 Å². The van der Waals surface area contributed by atoms with Crippen molar-refractivity contribution in [3.63, 3.8) is 0 Å². The van der Waals surface area contributed by atoms with Gasteiger partial charge in [-0.1, -0.05) is 0 Å². The second kappa shape index (κ2) is 7.79. The predicted octanol–water partition coefficient (Wildman–Crippen LogP) is -1.58. The lowest BCUT2D eigenvalue weighted by Gasteiger charge is -2.34. The van der Waals surface area contributed by atoms with E-state index in [1.54, 1.807) is 0 Å². The van der Waals surface area contributed by atoms with Crippen LogP contribution in [0.15, 0.2) is 0 Å². The van der Waals surface area contributed by atoms with Crippen LogP contribution in [0.5, 0.6) is 0 Å². The Labute approximate surface area is 115 Å². The Balaban J connectivity index is 1.61. The molecule has 0 unspecified atom stereocenters. The maximum absolute atomic E-state index is 12.0. The molecule has 2 aliphatic heterocycles. The van der Waals surface area contributed by atoms with Crippen LogP contribution in [0.2, 0.25) is 0 Å². The van der Waals surface area contributed by atoms with Gasteiger partial charge in [-0.3, -0.25) is 9.69 Å². The largest absolute Gasteiger partial charge is 0.395 e. The fraction of sp³-hybridized carbons (Fsp3) is 0.923. The fourth-order valence-corrected chi connectivity index (χ4v) is 2.70. The van der Waals surface area contributed by atoms with Crippen molar-refractivity contribution in [2.45, 2.75) is 6.42 Å². The van der Waals surface area contributed by atoms with Gasteiger partial charge in [0.25, 0.3) is 0 Å². The topological polar surface area (TPSA) is 59.1 Å². The molecule has 2 fully saturated rings.